The number of methoxy groups -OCH3 is 1. The van der Waals surface area contributed by atoms with Crippen molar-refractivity contribution in [2.45, 2.75) is 6.42 Å². The third kappa shape index (κ3) is 3.56. The smallest absolute Gasteiger partial charge is 0.231 e. The van der Waals surface area contributed by atoms with E-state index in [1.54, 1.807) is 24.1 Å². The number of nitrogens with zero attached hydrogens (tertiary/aromatic N) is 2. The van der Waals surface area contributed by atoms with E-state index in [4.69, 9.17) is 4.74 Å². The molecule has 138 valence electrons. The van der Waals surface area contributed by atoms with Gasteiger partial charge in [0.15, 0.2) is 5.13 Å². The molecule has 1 aliphatic heterocycles. The number of carbonyl (C=O) groups excluding carboxylic acids is 2. The number of thiazole rings is 1. The van der Waals surface area contributed by atoms with Crippen LogP contribution in [0.2, 0.25) is 0 Å². The van der Waals surface area contributed by atoms with Crippen molar-refractivity contribution in [3.63, 3.8) is 0 Å². The van der Waals surface area contributed by atoms with Gasteiger partial charge in [-0.05, 0) is 36.4 Å². The topological polar surface area (TPSA) is 87.3 Å². The van der Waals surface area contributed by atoms with Gasteiger partial charge in [0.25, 0.3) is 0 Å². The van der Waals surface area contributed by atoms with E-state index in [0.717, 1.165) is 22.8 Å². The lowest BCUT2D eigenvalue weighted by Crippen LogP contribution is -2.28. The first kappa shape index (κ1) is 17.3. The number of nitrogens with one attached hydrogen (secondary N) is 2. The molecule has 1 fully saturated rings. The minimum absolute atomic E-state index is 0.0634. The number of benzene rings is 1. The van der Waals surface area contributed by atoms with Crippen molar-refractivity contribution in [3.05, 3.63) is 48.0 Å². The molecule has 8 heteroatoms. The molecular weight excluding hydrogens is 364 g/mol. The molecule has 2 N–H and O–H groups in total. The Balaban J connectivity index is 1.41. The quantitative estimate of drug-likeness (QED) is 0.710. The van der Waals surface area contributed by atoms with Crippen molar-refractivity contribution >= 4 is 34.0 Å². The van der Waals surface area contributed by atoms with E-state index in [2.05, 4.69) is 15.3 Å². The lowest BCUT2D eigenvalue weighted by atomic mass is 10.1. The van der Waals surface area contributed by atoms with Gasteiger partial charge in [0, 0.05) is 30.2 Å². The zero-order valence-electron chi connectivity index (χ0n) is 14.6. The van der Waals surface area contributed by atoms with Crippen molar-refractivity contribution < 1.29 is 14.3 Å². The molecule has 0 bridgehead atoms. The zero-order valence-corrected chi connectivity index (χ0v) is 15.5. The van der Waals surface area contributed by atoms with Crippen LogP contribution in [0.15, 0.2) is 48.0 Å². The van der Waals surface area contributed by atoms with Crippen molar-refractivity contribution in [1.82, 2.24) is 9.97 Å². The van der Waals surface area contributed by atoms with Crippen LogP contribution >= 0.6 is 11.3 Å². The Hall–Kier alpha value is -3.13. The van der Waals surface area contributed by atoms with Gasteiger partial charge < -0.3 is 19.9 Å². The standard InChI is InChI=1S/C19H18N4O3S/c1-26-14-6-4-13(5-7-14)23-10-12(9-17(23)24)18(25)22-19-21-16(11-27-19)15-3-2-8-20-15/h2-8,11-12,20H,9-10H2,1H3,(H,21,22,25). The number of hydrogen-bond acceptors (Lipinski definition) is 5. The molecule has 1 saturated heterocycles. The Morgan fingerprint density at radius 3 is 2.85 bits per heavy atom. The van der Waals surface area contributed by atoms with Gasteiger partial charge in [-0.15, -0.1) is 11.3 Å². The molecule has 3 heterocycles. The molecule has 27 heavy (non-hydrogen) atoms. The molecule has 1 aromatic carbocycles. The number of aromatic amines is 1. The van der Waals surface area contributed by atoms with E-state index in [9.17, 15) is 9.59 Å². The Morgan fingerprint density at radius 2 is 2.15 bits per heavy atom. The summed E-state index contributed by atoms with van der Waals surface area (Å²) in [6, 6.07) is 11.1. The molecule has 7 nitrogen and oxygen atoms in total. The fourth-order valence-corrected chi connectivity index (χ4v) is 3.76. The third-order valence-corrected chi connectivity index (χ3v) is 5.25. The average molecular weight is 382 g/mol. The predicted molar refractivity (Wildman–Crippen MR) is 104 cm³/mol. The maximum absolute atomic E-state index is 12.6. The number of carbonyl (C=O) groups is 2. The number of hydrogen-bond donors (Lipinski definition) is 2. The highest BCUT2D eigenvalue weighted by Crippen LogP contribution is 2.29. The highest BCUT2D eigenvalue weighted by Gasteiger charge is 2.35. The Morgan fingerprint density at radius 1 is 1.33 bits per heavy atom. The summed E-state index contributed by atoms with van der Waals surface area (Å²) in [6.45, 7) is 0.353. The summed E-state index contributed by atoms with van der Waals surface area (Å²) in [6.07, 6.45) is 2.01. The van der Waals surface area contributed by atoms with Crippen molar-refractivity contribution in [3.8, 4) is 17.1 Å². The number of anilines is 2. The summed E-state index contributed by atoms with van der Waals surface area (Å²) >= 11 is 1.36. The third-order valence-electron chi connectivity index (χ3n) is 4.49. The van der Waals surface area contributed by atoms with E-state index >= 15 is 0 Å². The molecular formula is C19H18N4O3S. The van der Waals surface area contributed by atoms with Gasteiger partial charge >= 0.3 is 0 Å². The summed E-state index contributed by atoms with van der Waals surface area (Å²) in [4.78, 5) is 34.1. The van der Waals surface area contributed by atoms with Crippen molar-refractivity contribution in [2.24, 2.45) is 5.92 Å². The summed E-state index contributed by atoms with van der Waals surface area (Å²) in [7, 11) is 1.59. The largest absolute Gasteiger partial charge is 0.497 e. The van der Waals surface area contributed by atoms with Crippen LogP contribution in [0.1, 0.15) is 6.42 Å². The van der Waals surface area contributed by atoms with Crippen LogP contribution in [0.5, 0.6) is 5.75 Å². The molecule has 3 aromatic rings. The fourth-order valence-electron chi connectivity index (χ4n) is 3.05. The first-order valence-electron chi connectivity index (χ1n) is 8.48. The van der Waals surface area contributed by atoms with Gasteiger partial charge in [0.1, 0.15) is 5.75 Å². The van der Waals surface area contributed by atoms with Crippen LogP contribution in [0.4, 0.5) is 10.8 Å². The molecule has 0 aliphatic carbocycles. The van der Waals surface area contributed by atoms with E-state index in [1.165, 1.54) is 11.3 Å². The number of rotatable bonds is 5. The summed E-state index contributed by atoms with van der Waals surface area (Å²) in [5.41, 5.74) is 2.44. The van der Waals surface area contributed by atoms with Crippen LogP contribution in [0.3, 0.4) is 0 Å². The normalized spacial score (nSPS) is 16.6. The van der Waals surface area contributed by atoms with Crippen LogP contribution in [0, 0.1) is 5.92 Å². The molecule has 2 aromatic heterocycles. The molecule has 1 aliphatic rings. The average Bonchev–Trinajstić information content (AvgIpc) is 3.42. The van der Waals surface area contributed by atoms with Crippen LogP contribution in [-0.4, -0.2) is 35.4 Å². The Kier molecular flexibility index (Phi) is 4.64. The highest BCUT2D eigenvalue weighted by atomic mass is 32.1. The van der Waals surface area contributed by atoms with Crippen molar-refractivity contribution in [1.29, 1.82) is 0 Å². The van der Waals surface area contributed by atoms with E-state index in [-0.39, 0.29) is 18.2 Å². The number of H-pyrrole nitrogens is 1. The van der Waals surface area contributed by atoms with Gasteiger partial charge in [-0.1, -0.05) is 0 Å². The van der Waals surface area contributed by atoms with Gasteiger partial charge in [0.2, 0.25) is 11.8 Å². The maximum Gasteiger partial charge on any atom is 0.231 e. The minimum Gasteiger partial charge on any atom is -0.497 e. The van der Waals surface area contributed by atoms with Gasteiger partial charge in [-0.3, -0.25) is 9.59 Å². The van der Waals surface area contributed by atoms with E-state index < -0.39 is 5.92 Å². The van der Waals surface area contributed by atoms with E-state index in [0.29, 0.717) is 11.7 Å². The molecule has 1 unspecified atom stereocenters. The summed E-state index contributed by atoms with van der Waals surface area (Å²) in [5.74, 6) is 0.0667. The lowest BCUT2D eigenvalue weighted by molar-refractivity contribution is -0.122. The first-order chi connectivity index (χ1) is 13.1. The van der Waals surface area contributed by atoms with Crippen LogP contribution in [0.25, 0.3) is 11.4 Å². The highest BCUT2D eigenvalue weighted by molar-refractivity contribution is 7.14. The fraction of sp³-hybridized carbons (Fsp3) is 0.211. The second-order valence-corrected chi connectivity index (χ2v) is 7.07. The SMILES string of the molecule is COc1ccc(N2CC(C(=O)Nc3nc(-c4ccc[nH]4)cs3)CC2=O)cc1. The molecule has 2 amide bonds. The maximum atomic E-state index is 12.6. The van der Waals surface area contributed by atoms with Crippen LogP contribution < -0.4 is 15.0 Å². The number of amides is 2. The first-order valence-corrected chi connectivity index (χ1v) is 9.36. The molecule has 0 radical (unpaired) electrons. The summed E-state index contributed by atoms with van der Waals surface area (Å²) in [5, 5.41) is 5.24. The Labute approximate surface area is 160 Å². The van der Waals surface area contributed by atoms with Gasteiger partial charge in [-0.2, -0.15) is 0 Å². The van der Waals surface area contributed by atoms with Crippen LogP contribution in [-0.2, 0) is 9.59 Å². The second-order valence-electron chi connectivity index (χ2n) is 6.21. The molecule has 0 saturated carbocycles. The number of ether oxygens (including phenoxy) is 1. The van der Waals surface area contributed by atoms with Gasteiger partial charge in [-0.25, -0.2) is 4.98 Å². The van der Waals surface area contributed by atoms with Gasteiger partial charge in [0.05, 0.1) is 24.4 Å². The van der Waals surface area contributed by atoms with Crippen molar-refractivity contribution in [2.75, 3.05) is 23.9 Å². The molecule has 0 spiro atoms. The monoisotopic (exact) mass is 382 g/mol. The Bertz CT molecular complexity index is 950. The zero-order chi connectivity index (χ0) is 18.8. The summed E-state index contributed by atoms with van der Waals surface area (Å²) < 4.78 is 5.14. The lowest BCUT2D eigenvalue weighted by Gasteiger charge is -2.16. The van der Waals surface area contributed by atoms with E-state index in [1.807, 2.05) is 35.8 Å². The molecule has 4 rings (SSSR count). The minimum atomic E-state index is -0.405. The number of aromatic nitrogens is 2. The second kappa shape index (κ2) is 7.24. The predicted octanol–water partition coefficient (Wildman–Crippen LogP) is 3.14. The molecule has 1 atom stereocenters.